The SMILES string of the molecule is Cc1ccc(C)c(Nc2c(C(=O)N3CCC(c4ccc(F)cc4)CC3)cnc3c(C(=O)O)cnn23)c1. The van der Waals surface area contributed by atoms with E-state index in [9.17, 15) is 19.1 Å². The van der Waals surface area contributed by atoms with E-state index in [1.165, 1.54) is 29.0 Å². The molecule has 0 saturated carbocycles. The number of carboxylic acids is 1. The van der Waals surface area contributed by atoms with E-state index < -0.39 is 5.97 Å². The van der Waals surface area contributed by atoms with E-state index in [2.05, 4.69) is 15.4 Å². The van der Waals surface area contributed by atoms with E-state index in [-0.39, 0.29) is 28.9 Å². The highest BCUT2D eigenvalue weighted by Crippen LogP contribution is 2.31. The molecule has 1 amide bonds. The Morgan fingerprint density at radius 3 is 2.44 bits per heavy atom. The minimum atomic E-state index is -1.14. The summed E-state index contributed by atoms with van der Waals surface area (Å²) in [7, 11) is 0. The van der Waals surface area contributed by atoms with Crippen molar-refractivity contribution in [1.82, 2.24) is 19.5 Å². The Labute approximate surface area is 207 Å². The number of likely N-dealkylation sites (tertiary alicyclic amines) is 1. The number of amides is 1. The molecule has 0 aliphatic carbocycles. The maximum atomic E-state index is 13.7. The number of aromatic nitrogens is 3. The highest BCUT2D eigenvalue weighted by atomic mass is 19.1. The Balaban J connectivity index is 1.47. The van der Waals surface area contributed by atoms with Crippen molar-refractivity contribution in [3.8, 4) is 0 Å². The van der Waals surface area contributed by atoms with Crippen molar-refractivity contribution in [3.05, 3.63) is 88.5 Å². The Morgan fingerprint density at radius 2 is 1.75 bits per heavy atom. The van der Waals surface area contributed by atoms with Crippen LogP contribution in [0.2, 0.25) is 0 Å². The molecule has 1 fully saturated rings. The molecule has 2 N–H and O–H groups in total. The number of nitrogens with zero attached hydrogens (tertiary/aromatic N) is 4. The predicted octanol–water partition coefficient (Wildman–Crippen LogP) is 4.95. The average Bonchev–Trinajstić information content (AvgIpc) is 3.32. The number of hydrogen-bond donors (Lipinski definition) is 2. The van der Waals surface area contributed by atoms with Gasteiger partial charge < -0.3 is 15.3 Å². The minimum Gasteiger partial charge on any atom is -0.477 e. The first-order valence-electron chi connectivity index (χ1n) is 11.8. The fourth-order valence-electron chi connectivity index (χ4n) is 4.68. The highest BCUT2D eigenvalue weighted by molar-refractivity contribution is 6.01. The fraction of sp³-hybridized carbons (Fsp3) is 0.259. The van der Waals surface area contributed by atoms with Gasteiger partial charge in [-0.1, -0.05) is 24.3 Å². The van der Waals surface area contributed by atoms with E-state index in [0.29, 0.717) is 24.5 Å². The van der Waals surface area contributed by atoms with Crippen molar-refractivity contribution in [1.29, 1.82) is 0 Å². The summed E-state index contributed by atoms with van der Waals surface area (Å²) in [6.07, 6.45) is 4.18. The van der Waals surface area contributed by atoms with Crippen LogP contribution in [0.1, 0.15) is 56.2 Å². The Hall–Kier alpha value is -4.27. The molecule has 0 spiro atoms. The van der Waals surface area contributed by atoms with Crippen LogP contribution in [-0.2, 0) is 0 Å². The van der Waals surface area contributed by atoms with E-state index >= 15 is 0 Å². The number of rotatable bonds is 5. The topological polar surface area (TPSA) is 99.8 Å². The second-order valence-electron chi connectivity index (χ2n) is 9.18. The monoisotopic (exact) mass is 487 g/mol. The quantitative estimate of drug-likeness (QED) is 0.413. The molecule has 184 valence electrons. The van der Waals surface area contributed by atoms with Crippen LogP contribution in [0.3, 0.4) is 0 Å². The molecule has 2 aromatic carbocycles. The lowest BCUT2D eigenvalue weighted by atomic mass is 9.89. The Kier molecular flexibility index (Phi) is 6.13. The maximum absolute atomic E-state index is 13.7. The van der Waals surface area contributed by atoms with Gasteiger partial charge in [0.1, 0.15) is 22.8 Å². The first-order valence-corrected chi connectivity index (χ1v) is 11.8. The number of aryl methyl sites for hydroxylation is 2. The predicted molar refractivity (Wildman–Crippen MR) is 133 cm³/mol. The summed E-state index contributed by atoms with van der Waals surface area (Å²) in [6, 6.07) is 12.5. The smallest absolute Gasteiger partial charge is 0.341 e. The average molecular weight is 488 g/mol. The number of benzene rings is 2. The van der Waals surface area contributed by atoms with Crippen molar-refractivity contribution < 1.29 is 19.1 Å². The molecule has 0 atom stereocenters. The molecule has 2 aromatic heterocycles. The Morgan fingerprint density at radius 1 is 1.03 bits per heavy atom. The second kappa shape index (κ2) is 9.41. The van der Waals surface area contributed by atoms with Crippen molar-refractivity contribution in [3.63, 3.8) is 0 Å². The number of fused-ring (bicyclic) bond motifs is 1. The van der Waals surface area contributed by atoms with E-state index in [4.69, 9.17) is 0 Å². The number of piperidine rings is 1. The van der Waals surface area contributed by atoms with E-state index in [1.54, 1.807) is 17.0 Å². The maximum Gasteiger partial charge on any atom is 0.341 e. The van der Waals surface area contributed by atoms with Gasteiger partial charge >= 0.3 is 5.97 Å². The summed E-state index contributed by atoms with van der Waals surface area (Å²) in [5.74, 6) is -0.985. The third kappa shape index (κ3) is 4.39. The van der Waals surface area contributed by atoms with Crippen LogP contribution in [0.25, 0.3) is 5.65 Å². The second-order valence-corrected chi connectivity index (χ2v) is 9.18. The Bertz CT molecular complexity index is 1460. The van der Waals surface area contributed by atoms with Crippen molar-refractivity contribution in [2.24, 2.45) is 0 Å². The molecule has 0 bridgehead atoms. The van der Waals surface area contributed by atoms with E-state index in [1.807, 2.05) is 32.0 Å². The molecule has 0 radical (unpaired) electrons. The number of anilines is 2. The van der Waals surface area contributed by atoms with Gasteiger partial charge in [0.2, 0.25) is 0 Å². The molecule has 0 unspecified atom stereocenters. The zero-order chi connectivity index (χ0) is 25.4. The van der Waals surface area contributed by atoms with Crippen LogP contribution in [-0.4, -0.2) is 49.6 Å². The van der Waals surface area contributed by atoms with Gasteiger partial charge in [0, 0.05) is 25.0 Å². The first-order chi connectivity index (χ1) is 17.3. The van der Waals surface area contributed by atoms with Gasteiger partial charge in [-0.25, -0.2) is 14.2 Å². The summed E-state index contributed by atoms with van der Waals surface area (Å²) in [5.41, 5.74) is 4.29. The molecular weight excluding hydrogens is 461 g/mol. The largest absolute Gasteiger partial charge is 0.477 e. The van der Waals surface area contributed by atoms with Gasteiger partial charge in [0.15, 0.2) is 5.65 Å². The van der Waals surface area contributed by atoms with Gasteiger partial charge in [0.05, 0.1) is 6.20 Å². The number of nitrogens with one attached hydrogen (secondary N) is 1. The lowest BCUT2D eigenvalue weighted by Gasteiger charge is -2.32. The molecule has 36 heavy (non-hydrogen) atoms. The number of hydrogen-bond acceptors (Lipinski definition) is 5. The minimum absolute atomic E-state index is 0.0434. The summed E-state index contributed by atoms with van der Waals surface area (Å²) < 4.78 is 14.7. The number of carbonyl (C=O) groups is 2. The van der Waals surface area contributed by atoms with Gasteiger partial charge in [-0.3, -0.25) is 4.79 Å². The standard InChI is InChI=1S/C27H26FN5O3/c1-16-3-4-17(2)23(13-16)31-25-21(14-29-24-22(27(35)36)15-30-33(24)25)26(34)32-11-9-19(10-12-32)18-5-7-20(28)8-6-18/h3-8,13-15,19,31H,9-12H2,1-2H3,(H,35,36). The first kappa shape index (κ1) is 23.5. The molecule has 4 aromatic rings. The van der Waals surface area contributed by atoms with Crippen LogP contribution < -0.4 is 5.32 Å². The number of carbonyl (C=O) groups excluding carboxylic acids is 1. The van der Waals surface area contributed by atoms with Crippen molar-refractivity contribution in [2.75, 3.05) is 18.4 Å². The molecule has 1 saturated heterocycles. The fourth-order valence-corrected chi connectivity index (χ4v) is 4.68. The molecule has 5 rings (SSSR count). The van der Waals surface area contributed by atoms with Crippen LogP contribution in [0.15, 0.2) is 54.9 Å². The van der Waals surface area contributed by atoms with Gasteiger partial charge in [-0.15, -0.1) is 0 Å². The molecule has 1 aliphatic heterocycles. The zero-order valence-electron chi connectivity index (χ0n) is 20.0. The zero-order valence-corrected chi connectivity index (χ0v) is 20.0. The van der Waals surface area contributed by atoms with Crippen LogP contribution in [0, 0.1) is 19.7 Å². The summed E-state index contributed by atoms with van der Waals surface area (Å²) in [4.78, 5) is 31.4. The molecule has 9 heteroatoms. The van der Waals surface area contributed by atoms with Crippen LogP contribution in [0.4, 0.5) is 15.9 Å². The number of carboxylic acid groups (broad SMARTS) is 1. The summed E-state index contributed by atoms with van der Waals surface area (Å²) in [6.45, 7) is 5.01. The molecule has 8 nitrogen and oxygen atoms in total. The number of aromatic carboxylic acids is 1. The van der Waals surface area contributed by atoms with Crippen LogP contribution >= 0.6 is 0 Å². The van der Waals surface area contributed by atoms with Crippen molar-refractivity contribution >= 4 is 29.0 Å². The molecular formula is C27H26FN5O3. The summed E-state index contributed by atoms with van der Waals surface area (Å²) in [5, 5.41) is 17.1. The summed E-state index contributed by atoms with van der Waals surface area (Å²) >= 11 is 0. The van der Waals surface area contributed by atoms with Crippen LogP contribution in [0.5, 0.6) is 0 Å². The third-order valence-corrected chi connectivity index (χ3v) is 6.76. The molecule has 3 heterocycles. The van der Waals surface area contributed by atoms with Gasteiger partial charge in [-0.2, -0.15) is 9.61 Å². The molecule has 1 aliphatic rings. The van der Waals surface area contributed by atoms with Crippen molar-refractivity contribution in [2.45, 2.75) is 32.6 Å². The highest BCUT2D eigenvalue weighted by Gasteiger charge is 2.28. The normalized spacial score (nSPS) is 14.2. The lowest BCUT2D eigenvalue weighted by molar-refractivity contribution is 0.0695. The third-order valence-electron chi connectivity index (χ3n) is 6.76. The lowest BCUT2D eigenvalue weighted by Crippen LogP contribution is -2.38. The van der Waals surface area contributed by atoms with E-state index in [0.717, 1.165) is 35.2 Å². The number of halogens is 1. The van der Waals surface area contributed by atoms with Gasteiger partial charge in [0.25, 0.3) is 5.91 Å². The van der Waals surface area contributed by atoms with Gasteiger partial charge in [-0.05, 0) is 67.5 Å².